The lowest BCUT2D eigenvalue weighted by atomic mass is 9.87. The van der Waals surface area contributed by atoms with E-state index >= 15 is 0 Å². The number of H-pyrrole nitrogens is 1. The Hall–Kier alpha value is -5.93. The number of hydrogen-bond acceptors (Lipinski definition) is 5. The number of hydrogen-bond donors (Lipinski definition) is 1. The van der Waals surface area contributed by atoms with Crippen molar-refractivity contribution in [3.63, 3.8) is 0 Å². The Kier molecular flexibility index (Phi) is 6.32. The number of fused-ring (bicyclic) bond motifs is 4. The van der Waals surface area contributed by atoms with Gasteiger partial charge < -0.3 is 14.3 Å². The molecule has 216 valence electrons. The summed E-state index contributed by atoms with van der Waals surface area (Å²) in [5, 5.41) is 11.0. The minimum atomic E-state index is -0.370. The predicted octanol–water partition coefficient (Wildman–Crippen LogP) is 9.48. The number of nitrogens with zero attached hydrogens (tertiary/aromatic N) is 3. The van der Waals surface area contributed by atoms with Gasteiger partial charge in [-0.1, -0.05) is 66.8 Å². The largest absolute Gasteiger partial charge is 0.422 e. The number of aromatic amines is 1. The van der Waals surface area contributed by atoms with Gasteiger partial charge in [0, 0.05) is 17.1 Å². The molecule has 0 saturated carbocycles. The SMILES string of the molecule is Cc1c(C2=C/C(=C(\C#N)c3nc4ccccc4[nH]3)CCC2)c(=O)oc2cc(N3c4ccccc4C=Cc4ccccc43)ccc12. The maximum Gasteiger partial charge on any atom is 0.344 e. The maximum atomic E-state index is 13.7. The minimum Gasteiger partial charge on any atom is -0.422 e. The number of benzene rings is 4. The molecule has 6 heteroatoms. The lowest BCUT2D eigenvalue weighted by molar-refractivity contribution is 0.556. The Morgan fingerprint density at radius 3 is 2.36 bits per heavy atom. The van der Waals surface area contributed by atoms with Crippen molar-refractivity contribution in [2.75, 3.05) is 4.90 Å². The van der Waals surface area contributed by atoms with Crippen LogP contribution in [-0.2, 0) is 0 Å². The summed E-state index contributed by atoms with van der Waals surface area (Å²) in [6, 6.07) is 32.8. The molecule has 2 aromatic heterocycles. The van der Waals surface area contributed by atoms with Crippen molar-refractivity contribution in [1.82, 2.24) is 9.97 Å². The molecule has 0 atom stereocenters. The average molecular weight is 585 g/mol. The molecule has 0 radical (unpaired) electrons. The standard InChI is InChI=1S/C39H28N4O2/c1-24-30-20-19-29(43-34-15-6-2-9-25(34)17-18-26-10-3-7-16-35(26)43)22-36(30)45-39(44)37(24)28-12-8-11-27(21-28)31(23-40)38-41-32-13-4-5-14-33(32)42-38/h2-7,9-10,13-22H,8,11-12H2,1H3,(H,41,42)/b31-27+. The van der Waals surface area contributed by atoms with Gasteiger partial charge in [-0.3, -0.25) is 0 Å². The zero-order chi connectivity index (χ0) is 30.5. The Balaban J connectivity index is 1.24. The number of imidazole rings is 1. The number of allylic oxidation sites excluding steroid dienone is 4. The first-order valence-corrected chi connectivity index (χ1v) is 15.1. The number of aryl methyl sites for hydroxylation is 1. The van der Waals surface area contributed by atoms with E-state index in [1.165, 1.54) is 0 Å². The van der Waals surface area contributed by atoms with Crippen molar-refractivity contribution in [1.29, 1.82) is 5.26 Å². The molecule has 1 aliphatic carbocycles. The molecule has 0 bridgehead atoms. The van der Waals surface area contributed by atoms with Crippen LogP contribution in [0.3, 0.4) is 0 Å². The number of para-hydroxylation sites is 4. The molecule has 3 heterocycles. The molecule has 1 N–H and O–H groups in total. The first kappa shape index (κ1) is 26.7. The van der Waals surface area contributed by atoms with Crippen LogP contribution in [0.2, 0.25) is 0 Å². The van der Waals surface area contributed by atoms with Gasteiger partial charge >= 0.3 is 5.63 Å². The number of nitriles is 1. The van der Waals surface area contributed by atoms with Gasteiger partial charge in [-0.05, 0) is 90.4 Å². The van der Waals surface area contributed by atoms with Gasteiger partial charge in [-0.25, -0.2) is 9.78 Å². The lowest BCUT2D eigenvalue weighted by Crippen LogP contribution is -2.13. The van der Waals surface area contributed by atoms with Crippen LogP contribution in [-0.4, -0.2) is 9.97 Å². The topological polar surface area (TPSA) is 85.9 Å². The number of rotatable bonds is 3. The van der Waals surface area contributed by atoms with Crippen LogP contribution < -0.4 is 10.5 Å². The molecule has 0 fully saturated rings. The van der Waals surface area contributed by atoms with E-state index in [-0.39, 0.29) is 5.63 Å². The van der Waals surface area contributed by atoms with Crippen LogP contribution in [0.5, 0.6) is 0 Å². The van der Waals surface area contributed by atoms with Crippen LogP contribution in [0.25, 0.3) is 45.3 Å². The fourth-order valence-corrected chi connectivity index (χ4v) is 6.67. The van der Waals surface area contributed by atoms with E-state index < -0.39 is 0 Å². The molecule has 0 spiro atoms. The second kappa shape index (κ2) is 10.7. The van der Waals surface area contributed by atoms with E-state index in [0.29, 0.717) is 22.5 Å². The fraction of sp³-hybridized carbons (Fsp3) is 0.103. The van der Waals surface area contributed by atoms with E-state index in [1.807, 2.05) is 73.7 Å². The highest BCUT2D eigenvalue weighted by atomic mass is 16.4. The average Bonchev–Trinajstić information content (AvgIpc) is 3.41. The summed E-state index contributed by atoms with van der Waals surface area (Å²) in [6.07, 6.45) is 8.55. The number of nitrogens with one attached hydrogen (secondary N) is 1. The highest BCUT2D eigenvalue weighted by Gasteiger charge is 2.23. The molecule has 2 aliphatic rings. The van der Waals surface area contributed by atoms with Crippen molar-refractivity contribution in [3.8, 4) is 6.07 Å². The van der Waals surface area contributed by atoms with Gasteiger partial charge in [-0.2, -0.15) is 5.26 Å². The zero-order valence-electron chi connectivity index (χ0n) is 24.7. The molecule has 4 aromatic carbocycles. The second-order valence-corrected chi connectivity index (χ2v) is 11.5. The van der Waals surface area contributed by atoms with Crippen molar-refractivity contribution in [2.45, 2.75) is 26.2 Å². The molecule has 45 heavy (non-hydrogen) atoms. The van der Waals surface area contributed by atoms with Gasteiger partial charge in [0.2, 0.25) is 0 Å². The molecular formula is C39H28N4O2. The van der Waals surface area contributed by atoms with E-state index in [2.05, 4.69) is 63.4 Å². The van der Waals surface area contributed by atoms with Crippen molar-refractivity contribution >= 4 is 62.4 Å². The smallest absolute Gasteiger partial charge is 0.344 e. The third kappa shape index (κ3) is 4.49. The summed E-state index contributed by atoms with van der Waals surface area (Å²) < 4.78 is 6.07. The van der Waals surface area contributed by atoms with Crippen molar-refractivity contribution < 1.29 is 4.42 Å². The van der Waals surface area contributed by atoms with E-state index in [9.17, 15) is 10.1 Å². The van der Waals surface area contributed by atoms with E-state index in [4.69, 9.17) is 4.42 Å². The third-order valence-corrected chi connectivity index (χ3v) is 8.83. The Morgan fingerprint density at radius 2 is 1.62 bits per heavy atom. The van der Waals surface area contributed by atoms with Gasteiger partial charge in [0.25, 0.3) is 0 Å². The van der Waals surface area contributed by atoms with E-state index in [1.54, 1.807) is 0 Å². The zero-order valence-corrected chi connectivity index (χ0v) is 24.7. The van der Waals surface area contributed by atoms with Crippen LogP contribution in [0.15, 0.2) is 112 Å². The Morgan fingerprint density at radius 1 is 0.911 bits per heavy atom. The van der Waals surface area contributed by atoms with Crippen LogP contribution >= 0.6 is 0 Å². The Labute approximate surface area is 259 Å². The monoisotopic (exact) mass is 584 g/mol. The molecule has 6 nitrogen and oxygen atoms in total. The molecule has 0 amide bonds. The molecule has 8 rings (SSSR count). The predicted molar refractivity (Wildman–Crippen MR) is 181 cm³/mol. The van der Waals surface area contributed by atoms with Gasteiger partial charge in [0.1, 0.15) is 17.5 Å². The molecule has 1 aliphatic heterocycles. The normalized spacial score (nSPS) is 15.3. The van der Waals surface area contributed by atoms with Crippen LogP contribution in [0, 0.1) is 18.3 Å². The summed E-state index contributed by atoms with van der Waals surface area (Å²) in [6.45, 7) is 1.98. The summed E-state index contributed by atoms with van der Waals surface area (Å²) in [4.78, 5) is 23.9. The van der Waals surface area contributed by atoms with E-state index in [0.717, 1.165) is 80.6 Å². The van der Waals surface area contributed by atoms with Crippen molar-refractivity contribution in [3.05, 3.63) is 141 Å². The summed E-state index contributed by atoms with van der Waals surface area (Å²) >= 11 is 0. The summed E-state index contributed by atoms with van der Waals surface area (Å²) in [5.41, 5.74) is 10.8. The van der Waals surface area contributed by atoms with Crippen LogP contribution in [0.1, 0.15) is 47.3 Å². The number of aromatic nitrogens is 2. The highest BCUT2D eigenvalue weighted by molar-refractivity contribution is 5.96. The van der Waals surface area contributed by atoms with Gasteiger partial charge in [-0.15, -0.1) is 0 Å². The summed E-state index contributed by atoms with van der Waals surface area (Å²) in [7, 11) is 0. The molecule has 0 saturated heterocycles. The van der Waals surface area contributed by atoms with Gasteiger partial charge in [0.15, 0.2) is 0 Å². The molecule has 6 aromatic rings. The van der Waals surface area contributed by atoms with Gasteiger partial charge in [0.05, 0.1) is 33.5 Å². The second-order valence-electron chi connectivity index (χ2n) is 11.5. The Bertz CT molecular complexity index is 2280. The third-order valence-electron chi connectivity index (χ3n) is 8.83. The van der Waals surface area contributed by atoms with Crippen LogP contribution in [0.4, 0.5) is 17.1 Å². The lowest BCUT2D eigenvalue weighted by Gasteiger charge is -2.27. The molecule has 0 unspecified atom stereocenters. The summed E-state index contributed by atoms with van der Waals surface area (Å²) in [5.74, 6) is 0.549. The first-order valence-electron chi connectivity index (χ1n) is 15.1. The number of anilines is 3. The quantitative estimate of drug-likeness (QED) is 0.165. The minimum absolute atomic E-state index is 0.370. The van der Waals surface area contributed by atoms with Crippen molar-refractivity contribution in [2.24, 2.45) is 0 Å². The molecular weight excluding hydrogens is 556 g/mol. The highest BCUT2D eigenvalue weighted by Crippen LogP contribution is 2.43. The fourth-order valence-electron chi connectivity index (χ4n) is 6.67. The maximum absolute atomic E-state index is 13.7. The first-order chi connectivity index (χ1) is 22.1.